The summed E-state index contributed by atoms with van der Waals surface area (Å²) >= 11 is 6.02. The second-order valence-corrected chi connectivity index (χ2v) is 7.74. The molecule has 3 heterocycles. The maximum absolute atomic E-state index is 15.0. The van der Waals surface area contributed by atoms with Gasteiger partial charge in [0, 0.05) is 30.3 Å². The first-order chi connectivity index (χ1) is 15.7. The van der Waals surface area contributed by atoms with Crippen LogP contribution in [-0.4, -0.2) is 64.4 Å². The highest BCUT2D eigenvalue weighted by atomic mass is 35.5. The number of imidazole rings is 1. The fourth-order valence-corrected chi connectivity index (χ4v) is 3.92. The molecule has 0 spiro atoms. The van der Waals surface area contributed by atoms with Gasteiger partial charge in [-0.3, -0.25) is 0 Å². The van der Waals surface area contributed by atoms with E-state index >= 15 is 8.78 Å². The van der Waals surface area contributed by atoms with Gasteiger partial charge < -0.3 is 23.9 Å². The number of ether oxygens (including phenoxy) is 2. The van der Waals surface area contributed by atoms with Crippen LogP contribution in [0.5, 0.6) is 0 Å². The number of morpholine rings is 1. The Morgan fingerprint density at radius 3 is 2.76 bits per heavy atom. The molecule has 8 nitrogen and oxygen atoms in total. The van der Waals surface area contributed by atoms with E-state index in [1.165, 1.54) is 27.6 Å². The lowest BCUT2D eigenvalue weighted by Gasteiger charge is -2.31. The van der Waals surface area contributed by atoms with E-state index in [1.54, 1.807) is 0 Å². The van der Waals surface area contributed by atoms with Crippen LogP contribution in [0, 0.1) is 17.5 Å². The highest BCUT2D eigenvalue weighted by Crippen LogP contribution is 2.34. The minimum Gasteiger partial charge on any atom is -0.465 e. The molecule has 1 aromatic carbocycles. The van der Waals surface area contributed by atoms with Crippen molar-refractivity contribution in [1.82, 2.24) is 14.3 Å². The summed E-state index contributed by atoms with van der Waals surface area (Å²) < 4.78 is 56.2. The van der Waals surface area contributed by atoms with Gasteiger partial charge in [-0.25, -0.2) is 27.7 Å². The van der Waals surface area contributed by atoms with Crippen molar-refractivity contribution in [2.75, 3.05) is 26.8 Å². The summed E-state index contributed by atoms with van der Waals surface area (Å²) in [6, 6.07) is 3.53. The van der Waals surface area contributed by atoms with Crippen molar-refractivity contribution in [2.24, 2.45) is 0 Å². The average Bonchev–Trinajstić information content (AvgIpc) is 3.12. The molecule has 4 rings (SSSR count). The van der Waals surface area contributed by atoms with Crippen molar-refractivity contribution in [3.8, 4) is 11.3 Å². The van der Waals surface area contributed by atoms with Crippen LogP contribution in [0.15, 0.2) is 24.4 Å². The van der Waals surface area contributed by atoms with Crippen LogP contribution < -0.4 is 0 Å². The number of benzene rings is 1. The molecule has 1 aliphatic rings. The van der Waals surface area contributed by atoms with Gasteiger partial charge in [-0.05, 0) is 12.1 Å². The number of fused-ring (bicyclic) bond motifs is 1. The van der Waals surface area contributed by atoms with Crippen molar-refractivity contribution >= 4 is 29.3 Å². The van der Waals surface area contributed by atoms with E-state index in [-0.39, 0.29) is 43.2 Å². The number of nitrogens with zero attached hydrogens (tertiary/aromatic N) is 3. The molecule has 1 atom stereocenters. The van der Waals surface area contributed by atoms with Crippen LogP contribution in [0.4, 0.5) is 18.0 Å². The largest absolute Gasteiger partial charge is 0.465 e. The van der Waals surface area contributed by atoms with E-state index in [2.05, 4.69) is 9.72 Å². The normalized spacial score (nSPS) is 16.3. The van der Waals surface area contributed by atoms with Crippen molar-refractivity contribution < 1.29 is 37.3 Å². The van der Waals surface area contributed by atoms with Crippen molar-refractivity contribution in [1.29, 1.82) is 0 Å². The second kappa shape index (κ2) is 8.91. The number of hydrogen-bond acceptors (Lipinski definition) is 5. The Labute approximate surface area is 190 Å². The van der Waals surface area contributed by atoms with E-state index in [0.717, 1.165) is 7.11 Å². The molecule has 33 heavy (non-hydrogen) atoms. The quantitative estimate of drug-likeness (QED) is 0.448. The molecule has 1 saturated heterocycles. The lowest BCUT2D eigenvalue weighted by atomic mass is 10.0. The van der Waals surface area contributed by atoms with Gasteiger partial charge in [0.25, 0.3) is 0 Å². The van der Waals surface area contributed by atoms with Crippen LogP contribution >= 0.6 is 11.6 Å². The summed E-state index contributed by atoms with van der Waals surface area (Å²) in [5.74, 6) is -5.64. The standard InChI is InChI=1S/C21H17ClF3N3O5/c1-32-20(29)12-8-13(23)16(18(25)17(12)24)19-14(28-3-2-10(22)6-15(28)26-19)7-11-9-27(21(30)31)4-5-33-11/h2-3,6,8,11H,4-5,7,9H2,1H3,(H,30,31)/t11-/m0/s1. The van der Waals surface area contributed by atoms with Crippen molar-refractivity contribution in [2.45, 2.75) is 12.5 Å². The Morgan fingerprint density at radius 2 is 2.06 bits per heavy atom. The number of amides is 1. The van der Waals surface area contributed by atoms with Gasteiger partial charge in [0.05, 0.1) is 43.3 Å². The summed E-state index contributed by atoms with van der Waals surface area (Å²) in [4.78, 5) is 28.4. The first kappa shape index (κ1) is 22.9. The number of halogens is 4. The topological polar surface area (TPSA) is 93.4 Å². The molecule has 1 aliphatic heterocycles. The fraction of sp³-hybridized carbons (Fsp3) is 0.286. The number of methoxy groups -OCH3 is 1. The molecule has 0 radical (unpaired) electrons. The number of carbonyl (C=O) groups is 2. The predicted octanol–water partition coefficient (Wildman–Crippen LogP) is 3.78. The highest BCUT2D eigenvalue weighted by molar-refractivity contribution is 6.30. The summed E-state index contributed by atoms with van der Waals surface area (Å²) in [7, 11) is 0.958. The molecule has 0 saturated carbocycles. The van der Waals surface area contributed by atoms with Gasteiger partial charge in [-0.1, -0.05) is 11.6 Å². The zero-order valence-corrected chi connectivity index (χ0v) is 17.9. The molecule has 1 fully saturated rings. The third kappa shape index (κ3) is 4.21. The minimum atomic E-state index is -1.61. The van der Waals surface area contributed by atoms with Crippen LogP contribution in [0.25, 0.3) is 16.9 Å². The molecule has 0 unspecified atom stereocenters. The molecule has 174 valence electrons. The molecule has 0 aliphatic carbocycles. The van der Waals surface area contributed by atoms with E-state index in [1.807, 2.05) is 0 Å². The number of pyridine rings is 1. The summed E-state index contributed by atoms with van der Waals surface area (Å²) in [6.07, 6.45) is -0.224. The molecule has 3 aromatic rings. The van der Waals surface area contributed by atoms with Gasteiger partial charge in [0.1, 0.15) is 17.0 Å². The zero-order valence-electron chi connectivity index (χ0n) is 17.1. The van der Waals surface area contributed by atoms with E-state index in [9.17, 15) is 19.1 Å². The van der Waals surface area contributed by atoms with Gasteiger partial charge in [0.15, 0.2) is 11.6 Å². The number of aromatic nitrogens is 2. The lowest BCUT2D eigenvalue weighted by Crippen LogP contribution is -2.45. The molecule has 1 N–H and O–H groups in total. The van der Waals surface area contributed by atoms with Crippen LogP contribution in [0.1, 0.15) is 16.1 Å². The summed E-state index contributed by atoms with van der Waals surface area (Å²) in [5, 5.41) is 9.58. The summed E-state index contributed by atoms with van der Waals surface area (Å²) in [5.41, 5.74) is -1.41. The van der Waals surface area contributed by atoms with Crippen molar-refractivity contribution in [3.05, 3.63) is 58.1 Å². The summed E-state index contributed by atoms with van der Waals surface area (Å²) in [6.45, 7) is 0.348. The smallest absolute Gasteiger partial charge is 0.407 e. The fourth-order valence-electron chi connectivity index (χ4n) is 3.77. The van der Waals surface area contributed by atoms with Crippen molar-refractivity contribution in [3.63, 3.8) is 0 Å². The molecular weight excluding hydrogens is 467 g/mol. The molecule has 12 heteroatoms. The van der Waals surface area contributed by atoms with E-state index < -0.39 is 46.7 Å². The van der Waals surface area contributed by atoms with E-state index in [4.69, 9.17) is 16.3 Å². The predicted molar refractivity (Wildman–Crippen MR) is 110 cm³/mol. The van der Waals surface area contributed by atoms with E-state index in [0.29, 0.717) is 11.1 Å². The SMILES string of the molecule is COC(=O)c1cc(F)c(-c2nc3cc(Cl)ccn3c2C[C@H]2CN(C(=O)O)CCO2)c(F)c1F. The number of rotatable bonds is 4. The molecule has 0 bridgehead atoms. The van der Waals surface area contributed by atoms with Crippen LogP contribution in [0.2, 0.25) is 5.02 Å². The van der Waals surface area contributed by atoms with Gasteiger partial charge in [-0.15, -0.1) is 0 Å². The first-order valence-electron chi connectivity index (χ1n) is 9.73. The Morgan fingerprint density at radius 1 is 1.30 bits per heavy atom. The first-order valence-corrected chi connectivity index (χ1v) is 10.1. The number of hydrogen-bond donors (Lipinski definition) is 1. The molecule has 2 aromatic heterocycles. The maximum atomic E-state index is 15.0. The maximum Gasteiger partial charge on any atom is 0.407 e. The Balaban J connectivity index is 1.86. The third-order valence-corrected chi connectivity index (χ3v) is 5.55. The Kier molecular flexibility index (Phi) is 6.17. The number of esters is 1. The zero-order chi connectivity index (χ0) is 23.9. The molecular formula is C21H17ClF3N3O5. The highest BCUT2D eigenvalue weighted by Gasteiger charge is 2.31. The second-order valence-electron chi connectivity index (χ2n) is 7.31. The Bertz CT molecular complexity index is 1270. The average molecular weight is 484 g/mol. The number of carbonyl (C=O) groups excluding carboxylic acids is 1. The lowest BCUT2D eigenvalue weighted by molar-refractivity contribution is -0.0214. The Hall–Kier alpha value is -3.31. The molecule has 1 amide bonds. The number of carboxylic acid groups (broad SMARTS) is 1. The van der Waals surface area contributed by atoms with Gasteiger partial charge in [-0.2, -0.15) is 0 Å². The monoisotopic (exact) mass is 483 g/mol. The van der Waals surface area contributed by atoms with Crippen LogP contribution in [0.3, 0.4) is 0 Å². The minimum absolute atomic E-state index is 0.0150. The van der Waals surface area contributed by atoms with Gasteiger partial charge in [0.2, 0.25) is 0 Å². The van der Waals surface area contributed by atoms with Crippen LogP contribution in [-0.2, 0) is 15.9 Å². The van der Waals surface area contributed by atoms with Gasteiger partial charge >= 0.3 is 12.1 Å². The third-order valence-electron chi connectivity index (χ3n) is 5.32.